The Morgan fingerprint density at radius 1 is 1.74 bits per heavy atom. The maximum absolute atomic E-state index is 11.3. The fourth-order valence-electron chi connectivity index (χ4n) is 0.995. The first-order chi connectivity index (χ1) is 9.01. The van der Waals surface area contributed by atoms with Gasteiger partial charge in [-0.2, -0.15) is 0 Å². The summed E-state index contributed by atoms with van der Waals surface area (Å²) < 4.78 is 5.22. The number of carbonyl (C=O) groups excluding carboxylic acids is 1. The largest absolute Gasteiger partial charge is 0.449 e. The van der Waals surface area contributed by atoms with E-state index >= 15 is 0 Å². The van der Waals surface area contributed by atoms with E-state index in [0.717, 1.165) is 4.88 Å². The van der Waals surface area contributed by atoms with Gasteiger partial charge in [-0.05, 0) is 0 Å². The number of alkyl carbamates (subject to hydrolysis) is 1. The Bertz CT molecular complexity index is 491. The van der Waals surface area contributed by atoms with Crippen molar-refractivity contribution in [2.45, 2.75) is 6.42 Å². The molecule has 1 amide bonds. The number of hydrogen-bond donors (Lipinski definition) is 2. The van der Waals surface area contributed by atoms with Gasteiger partial charge >= 0.3 is 6.09 Å². The summed E-state index contributed by atoms with van der Waals surface area (Å²) in [4.78, 5) is 26.1. The van der Waals surface area contributed by atoms with Crippen LogP contribution in [0, 0.1) is 10.1 Å². The molecule has 2 N–H and O–H groups in total. The normalized spacial score (nSPS) is 10.9. The van der Waals surface area contributed by atoms with E-state index in [4.69, 9.17) is 16.3 Å². The van der Waals surface area contributed by atoms with Crippen LogP contribution in [0.3, 0.4) is 0 Å². The molecule has 1 rings (SSSR count). The van der Waals surface area contributed by atoms with Crippen LogP contribution >= 0.6 is 22.9 Å². The van der Waals surface area contributed by atoms with Gasteiger partial charge in [0.25, 0.3) is 5.96 Å². The van der Waals surface area contributed by atoms with Gasteiger partial charge in [0.2, 0.25) is 0 Å². The molecule has 11 heteroatoms. The molecule has 0 unspecified atom stereocenters. The fraction of sp³-hybridized carbons (Fsp3) is 0.375. The fourth-order valence-corrected chi connectivity index (χ4v) is 1.95. The predicted molar refractivity (Wildman–Crippen MR) is 68.8 cm³/mol. The first kappa shape index (κ1) is 15.1. The summed E-state index contributed by atoms with van der Waals surface area (Å²) in [6.07, 6.45) is 1.20. The Labute approximate surface area is 116 Å². The summed E-state index contributed by atoms with van der Waals surface area (Å²) in [5.41, 5.74) is 0. The van der Waals surface area contributed by atoms with Crippen LogP contribution in [0.5, 0.6) is 0 Å². The predicted octanol–water partition coefficient (Wildman–Crippen LogP) is 0.832. The van der Waals surface area contributed by atoms with Crippen LogP contribution in [0.2, 0.25) is 4.47 Å². The minimum atomic E-state index is -0.939. The van der Waals surface area contributed by atoms with Crippen molar-refractivity contribution in [3.05, 3.63) is 25.7 Å². The molecular weight excluding hydrogens is 298 g/mol. The number of rotatable bonds is 4. The number of ether oxygens (including phenoxy) is 1. The summed E-state index contributed by atoms with van der Waals surface area (Å²) >= 11 is 6.92. The molecule has 1 aromatic heterocycles. The number of nitro groups is 1. The van der Waals surface area contributed by atoms with Gasteiger partial charge in [0, 0.05) is 24.5 Å². The minimum Gasteiger partial charge on any atom is -0.449 e. The van der Waals surface area contributed by atoms with Gasteiger partial charge in [-0.15, -0.1) is 11.3 Å². The van der Waals surface area contributed by atoms with Gasteiger partial charge in [0.1, 0.15) is 5.10 Å². The average molecular weight is 308 g/mol. The number of carbonyl (C=O) groups is 1. The molecule has 19 heavy (non-hydrogen) atoms. The molecule has 0 spiro atoms. The zero-order valence-corrected chi connectivity index (χ0v) is 11.3. The third kappa shape index (κ3) is 5.97. The number of guanidine groups is 1. The maximum atomic E-state index is 11.3. The van der Waals surface area contributed by atoms with E-state index in [9.17, 15) is 14.9 Å². The van der Waals surface area contributed by atoms with Crippen LogP contribution in [-0.4, -0.2) is 35.7 Å². The lowest BCUT2D eigenvalue weighted by Crippen LogP contribution is -2.40. The van der Waals surface area contributed by atoms with Crippen molar-refractivity contribution in [2.75, 3.05) is 13.7 Å². The second-order valence-corrected chi connectivity index (χ2v) is 4.72. The highest BCUT2D eigenvalue weighted by atomic mass is 35.5. The molecule has 0 aliphatic heterocycles. The molecule has 0 saturated carbocycles. The molecule has 0 radical (unpaired) electrons. The first-order valence-corrected chi connectivity index (χ1v) is 6.15. The van der Waals surface area contributed by atoms with Crippen LogP contribution in [-0.2, 0) is 11.2 Å². The number of thiazole rings is 1. The number of hydrazone groups is 1. The van der Waals surface area contributed by atoms with Crippen molar-refractivity contribution in [3.8, 4) is 0 Å². The molecule has 0 bridgehead atoms. The lowest BCUT2D eigenvalue weighted by molar-refractivity contribution is -0.485. The third-order valence-electron chi connectivity index (χ3n) is 1.75. The topological polar surface area (TPSA) is 119 Å². The first-order valence-electron chi connectivity index (χ1n) is 4.96. The molecule has 1 heterocycles. The number of aromatic nitrogens is 1. The SMILES string of the molecule is CN/C(=N\[N+](=O)[O-])NC(=O)OCCc1cnc(Cl)s1. The number of halogens is 1. The quantitative estimate of drug-likeness (QED) is 0.368. The number of hydrogen-bond acceptors (Lipinski definition) is 6. The van der Waals surface area contributed by atoms with Crippen molar-refractivity contribution in [2.24, 2.45) is 5.10 Å². The molecule has 0 aliphatic carbocycles. The summed E-state index contributed by atoms with van der Waals surface area (Å²) in [6, 6.07) is 0. The van der Waals surface area contributed by atoms with E-state index in [2.05, 4.69) is 20.7 Å². The molecular formula is C8H10ClN5O4S. The van der Waals surface area contributed by atoms with Crippen LogP contribution in [0.4, 0.5) is 4.79 Å². The molecule has 0 saturated heterocycles. The summed E-state index contributed by atoms with van der Waals surface area (Å²) in [7, 11) is 1.38. The van der Waals surface area contributed by atoms with E-state index in [-0.39, 0.29) is 12.6 Å². The Morgan fingerprint density at radius 3 is 3.00 bits per heavy atom. The Morgan fingerprint density at radius 2 is 2.47 bits per heavy atom. The Kier molecular flexibility index (Phi) is 5.96. The van der Waals surface area contributed by atoms with Gasteiger partial charge in [0.15, 0.2) is 9.50 Å². The second kappa shape index (κ2) is 7.48. The smallest absolute Gasteiger partial charge is 0.414 e. The van der Waals surface area contributed by atoms with Crippen molar-refractivity contribution in [1.29, 1.82) is 0 Å². The van der Waals surface area contributed by atoms with E-state index in [1.165, 1.54) is 18.4 Å². The van der Waals surface area contributed by atoms with Gasteiger partial charge in [0.05, 0.1) is 6.61 Å². The zero-order valence-electron chi connectivity index (χ0n) is 9.75. The van der Waals surface area contributed by atoms with Gasteiger partial charge < -0.3 is 10.1 Å². The lowest BCUT2D eigenvalue weighted by Gasteiger charge is -2.05. The van der Waals surface area contributed by atoms with Crippen LogP contribution in [0.25, 0.3) is 0 Å². The Hall–Kier alpha value is -1.94. The molecule has 104 valence electrons. The number of nitrogens with one attached hydrogen (secondary N) is 2. The average Bonchev–Trinajstić information content (AvgIpc) is 2.73. The zero-order chi connectivity index (χ0) is 14.3. The Balaban J connectivity index is 2.33. The molecule has 9 nitrogen and oxygen atoms in total. The van der Waals surface area contributed by atoms with Crippen molar-refractivity contribution < 1.29 is 14.6 Å². The number of nitrogens with zero attached hydrogens (tertiary/aromatic N) is 3. The van der Waals surface area contributed by atoms with Crippen molar-refractivity contribution in [3.63, 3.8) is 0 Å². The van der Waals surface area contributed by atoms with Gasteiger partial charge in [-0.25, -0.2) is 19.9 Å². The number of amides is 1. The highest BCUT2D eigenvalue weighted by Crippen LogP contribution is 2.17. The van der Waals surface area contributed by atoms with Crippen molar-refractivity contribution >= 4 is 35.0 Å². The molecule has 0 aromatic carbocycles. The minimum absolute atomic E-state index is 0.0970. The van der Waals surface area contributed by atoms with E-state index in [1.54, 1.807) is 6.20 Å². The molecule has 0 atom stereocenters. The molecule has 1 aromatic rings. The summed E-state index contributed by atoms with van der Waals surface area (Å²) in [6.45, 7) is 0.0970. The standard InChI is InChI=1S/C8H10ClN5O4S/c1-10-7(13-14(16)17)12-8(15)18-3-2-5-4-11-6(9)19-5/h4H,2-3H2,1H3,(H2,10,12,13,15). The maximum Gasteiger partial charge on any atom is 0.414 e. The monoisotopic (exact) mass is 307 g/mol. The highest BCUT2D eigenvalue weighted by molar-refractivity contribution is 7.15. The van der Waals surface area contributed by atoms with Crippen LogP contribution in [0.1, 0.15) is 4.88 Å². The third-order valence-corrected chi connectivity index (χ3v) is 2.92. The second-order valence-electron chi connectivity index (χ2n) is 3.03. The lowest BCUT2D eigenvalue weighted by atomic mass is 10.4. The molecule has 0 aliphatic rings. The van der Waals surface area contributed by atoms with Crippen LogP contribution < -0.4 is 10.6 Å². The van der Waals surface area contributed by atoms with E-state index < -0.39 is 11.1 Å². The van der Waals surface area contributed by atoms with Gasteiger partial charge in [-0.3, -0.25) is 5.32 Å². The highest BCUT2D eigenvalue weighted by Gasteiger charge is 2.09. The van der Waals surface area contributed by atoms with E-state index in [0.29, 0.717) is 10.9 Å². The summed E-state index contributed by atoms with van der Waals surface area (Å²) in [5.74, 6) is -0.309. The van der Waals surface area contributed by atoms with E-state index in [1.807, 2.05) is 0 Å². The van der Waals surface area contributed by atoms with Crippen LogP contribution in [0.15, 0.2) is 11.3 Å². The van der Waals surface area contributed by atoms with Gasteiger partial charge in [-0.1, -0.05) is 11.6 Å². The van der Waals surface area contributed by atoms with Crippen molar-refractivity contribution in [1.82, 2.24) is 15.6 Å². The molecule has 0 fully saturated rings. The summed E-state index contributed by atoms with van der Waals surface area (Å²) in [5, 5.41) is 16.5.